The van der Waals surface area contributed by atoms with E-state index in [0.29, 0.717) is 41.8 Å². The number of nitrogens with zero attached hydrogens (tertiary/aromatic N) is 1. The molecule has 27 heavy (non-hydrogen) atoms. The second-order valence-electron chi connectivity index (χ2n) is 5.99. The summed E-state index contributed by atoms with van der Waals surface area (Å²) in [6, 6.07) is 10.7. The highest BCUT2D eigenvalue weighted by atomic mass is 35.5. The summed E-state index contributed by atoms with van der Waals surface area (Å²) in [5.74, 6) is -1.84. The van der Waals surface area contributed by atoms with E-state index in [1.807, 2.05) is 17.2 Å². The van der Waals surface area contributed by atoms with Crippen molar-refractivity contribution in [1.82, 2.24) is 4.90 Å². The van der Waals surface area contributed by atoms with Gasteiger partial charge in [-0.25, -0.2) is 8.78 Å². The lowest BCUT2D eigenvalue weighted by molar-refractivity contribution is -0.111. The highest BCUT2D eigenvalue weighted by Crippen LogP contribution is 2.26. The van der Waals surface area contributed by atoms with Gasteiger partial charge in [0.1, 0.15) is 0 Å². The predicted octanol–water partition coefficient (Wildman–Crippen LogP) is 4.65. The largest absolute Gasteiger partial charge is 0.378 e. The monoisotopic (exact) mass is 409 g/mol. The molecule has 3 rings (SSSR count). The van der Waals surface area contributed by atoms with Crippen LogP contribution in [0.1, 0.15) is 5.56 Å². The minimum atomic E-state index is -0.925. The fourth-order valence-electron chi connectivity index (χ4n) is 2.65. The maximum atomic E-state index is 13.4. The molecule has 0 saturated carbocycles. The number of hydrogen-bond donors (Lipinski definition) is 0. The number of benzene rings is 2. The molecule has 0 radical (unpaired) electrons. The van der Waals surface area contributed by atoms with Gasteiger partial charge < -0.3 is 9.64 Å². The number of rotatable bonds is 6. The standard InChI is InChI=1S/C20H18ClF2NO2S/c21-15-3-1-2-14(10-15)17(12-24-6-8-26-9-7-24)20(25)13-27-16-4-5-18(22)19(23)11-16/h1-5,10-12H,6-9,13H2. The van der Waals surface area contributed by atoms with Gasteiger partial charge >= 0.3 is 0 Å². The maximum Gasteiger partial charge on any atom is 0.175 e. The van der Waals surface area contributed by atoms with Crippen LogP contribution in [0.5, 0.6) is 0 Å². The van der Waals surface area contributed by atoms with Gasteiger partial charge in [0, 0.05) is 34.8 Å². The van der Waals surface area contributed by atoms with Crippen molar-refractivity contribution in [2.24, 2.45) is 0 Å². The van der Waals surface area contributed by atoms with Crippen molar-refractivity contribution in [3.05, 3.63) is 70.9 Å². The van der Waals surface area contributed by atoms with E-state index in [4.69, 9.17) is 16.3 Å². The van der Waals surface area contributed by atoms with Gasteiger partial charge in [0.05, 0.1) is 19.0 Å². The Bertz CT molecular complexity index is 854. The van der Waals surface area contributed by atoms with E-state index in [2.05, 4.69) is 0 Å². The molecule has 1 aliphatic heterocycles. The number of morpholine rings is 1. The number of carbonyl (C=O) groups excluding carboxylic acids is 1. The third-order valence-electron chi connectivity index (χ3n) is 4.05. The lowest BCUT2D eigenvalue weighted by Crippen LogP contribution is -2.32. The highest BCUT2D eigenvalue weighted by molar-refractivity contribution is 8.00. The van der Waals surface area contributed by atoms with E-state index in [1.165, 1.54) is 17.8 Å². The molecule has 1 heterocycles. The van der Waals surface area contributed by atoms with E-state index in [9.17, 15) is 13.6 Å². The Morgan fingerprint density at radius 3 is 2.63 bits per heavy atom. The van der Waals surface area contributed by atoms with Gasteiger partial charge in [-0.05, 0) is 35.9 Å². The summed E-state index contributed by atoms with van der Waals surface area (Å²) in [5.41, 5.74) is 1.26. The molecule has 0 atom stereocenters. The normalized spacial score (nSPS) is 15.1. The molecule has 3 nitrogen and oxygen atoms in total. The molecule has 0 aliphatic carbocycles. The zero-order valence-corrected chi connectivity index (χ0v) is 16.0. The number of ether oxygens (including phenoxy) is 1. The van der Waals surface area contributed by atoms with E-state index >= 15 is 0 Å². The number of ketones is 1. The Balaban J connectivity index is 1.79. The molecular formula is C20H18ClF2NO2S. The molecule has 0 N–H and O–H groups in total. The molecule has 0 unspecified atom stereocenters. The van der Waals surface area contributed by atoms with Crippen LogP contribution in [0, 0.1) is 11.6 Å². The van der Waals surface area contributed by atoms with Crippen LogP contribution in [0.3, 0.4) is 0 Å². The molecule has 2 aromatic carbocycles. The molecule has 0 amide bonds. The average molecular weight is 410 g/mol. The Morgan fingerprint density at radius 1 is 1.15 bits per heavy atom. The average Bonchev–Trinajstić information content (AvgIpc) is 2.67. The Morgan fingerprint density at radius 2 is 1.93 bits per heavy atom. The van der Waals surface area contributed by atoms with Gasteiger partial charge in [0.2, 0.25) is 0 Å². The SMILES string of the molecule is O=C(CSc1ccc(F)c(F)c1)C(=CN1CCOCC1)c1cccc(Cl)c1. The molecule has 1 fully saturated rings. The van der Waals surface area contributed by atoms with Crippen LogP contribution < -0.4 is 0 Å². The van der Waals surface area contributed by atoms with Gasteiger partial charge in [-0.2, -0.15) is 0 Å². The minimum Gasteiger partial charge on any atom is -0.378 e. The summed E-state index contributed by atoms with van der Waals surface area (Å²) in [7, 11) is 0. The molecular weight excluding hydrogens is 392 g/mol. The summed E-state index contributed by atoms with van der Waals surface area (Å²) in [4.78, 5) is 15.4. The van der Waals surface area contributed by atoms with Gasteiger partial charge in [-0.1, -0.05) is 23.7 Å². The van der Waals surface area contributed by atoms with E-state index in [0.717, 1.165) is 17.7 Å². The molecule has 0 spiro atoms. The van der Waals surface area contributed by atoms with Crippen molar-refractivity contribution in [3.8, 4) is 0 Å². The summed E-state index contributed by atoms with van der Waals surface area (Å²) in [6.07, 6.45) is 1.84. The number of Topliss-reactive ketones (excluding diaryl/α,β-unsaturated/α-hetero) is 1. The second kappa shape index (κ2) is 9.35. The predicted molar refractivity (Wildman–Crippen MR) is 104 cm³/mol. The summed E-state index contributed by atoms with van der Waals surface area (Å²) in [6.45, 7) is 2.62. The molecule has 1 saturated heterocycles. The van der Waals surface area contributed by atoms with Crippen molar-refractivity contribution in [3.63, 3.8) is 0 Å². The van der Waals surface area contributed by atoms with Crippen LogP contribution in [0.4, 0.5) is 8.78 Å². The summed E-state index contributed by atoms with van der Waals surface area (Å²) in [5, 5.41) is 0.543. The van der Waals surface area contributed by atoms with Gasteiger partial charge in [-0.3, -0.25) is 4.79 Å². The number of thioether (sulfide) groups is 1. The molecule has 0 aromatic heterocycles. The molecule has 2 aromatic rings. The van der Waals surface area contributed by atoms with Gasteiger partial charge in [-0.15, -0.1) is 11.8 Å². The molecule has 142 valence electrons. The van der Waals surface area contributed by atoms with Crippen LogP contribution >= 0.6 is 23.4 Å². The Kier molecular flexibility index (Phi) is 6.88. The molecule has 1 aliphatic rings. The highest BCUT2D eigenvalue weighted by Gasteiger charge is 2.17. The fraction of sp³-hybridized carbons (Fsp3) is 0.250. The smallest absolute Gasteiger partial charge is 0.175 e. The lowest BCUT2D eigenvalue weighted by Gasteiger charge is -2.26. The third kappa shape index (κ3) is 5.54. The van der Waals surface area contributed by atoms with Crippen molar-refractivity contribution in [1.29, 1.82) is 0 Å². The Hall–Kier alpha value is -1.89. The van der Waals surface area contributed by atoms with E-state index < -0.39 is 11.6 Å². The van der Waals surface area contributed by atoms with Crippen molar-refractivity contribution < 1.29 is 18.3 Å². The first-order valence-electron chi connectivity index (χ1n) is 8.43. The van der Waals surface area contributed by atoms with E-state index in [-0.39, 0.29) is 11.5 Å². The first-order valence-corrected chi connectivity index (χ1v) is 9.80. The van der Waals surface area contributed by atoms with Crippen LogP contribution in [0.15, 0.2) is 53.6 Å². The fourth-order valence-corrected chi connectivity index (χ4v) is 3.64. The maximum absolute atomic E-state index is 13.4. The van der Waals surface area contributed by atoms with Crippen LogP contribution in [-0.4, -0.2) is 42.7 Å². The van der Waals surface area contributed by atoms with E-state index in [1.54, 1.807) is 18.2 Å². The summed E-state index contributed by atoms with van der Waals surface area (Å²) >= 11 is 7.25. The van der Waals surface area contributed by atoms with Crippen LogP contribution in [-0.2, 0) is 9.53 Å². The van der Waals surface area contributed by atoms with Crippen molar-refractivity contribution in [2.45, 2.75) is 4.90 Å². The minimum absolute atomic E-state index is 0.105. The summed E-state index contributed by atoms with van der Waals surface area (Å²) < 4.78 is 31.8. The third-order valence-corrected chi connectivity index (χ3v) is 5.28. The first-order chi connectivity index (χ1) is 13.0. The lowest BCUT2D eigenvalue weighted by atomic mass is 10.0. The van der Waals surface area contributed by atoms with Crippen molar-refractivity contribution >= 4 is 34.7 Å². The van der Waals surface area contributed by atoms with Gasteiger partial charge in [0.25, 0.3) is 0 Å². The quantitative estimate of drug-likeness (QED) is 0.513. The van der Waals surface area contributed by atoms with Gasteiger partial charge in [0.15, 0.2) is 17.4 Å². The number of carbonyl (C=O) groups is 1. The van der Waals surface area contributed by atoms with Crippen LogP contribution in [0.2, 0.25) is 5.02 Å². The molecule has 0 bridgehead atoms. The number of halogens is 3. The zero-order valence-electron chi connectivity index (χ0n) is 14.5. The topological polar surface area (TPSA) is 29.5 Å². The molecule has 7 heteroatoms. The van der Waals surface area contributed by atoms with Crippen LogP contribution in [0.25, 0.3) is 5.57 Å². The first kappa shape index (κ1) is 19.9. The second-order valence-corrected chi connectivity index (χ2v) is 7.47. The number of allylic oxidation sites excluding steroid dienone is 1. The van der Waals surface area contributed by atoms with Crippen molar-refractivity contribution in [2.75, 3.05) is 32.1 Å². The Labute approximate surface area is 166 Å². The number of hydrogen-bond acceptors (Lipinski definition) is 4. The zero-order chi connectivity index (χ0) is 19.2.